The maximum Gasteiger partial charge on any atom is 0.328 e. The number of hydrogen-bond donors (Lipinski definition) is 3. The molecular formula is C16H20BrN3O5. The smallest absolute Gasteiger partial charge is 0.328 e. The lowest BCUT2D eigenvalue weighted by atomic mass is 10.2. The summed E-state index contributed by atoms with van der Waals surface area (Å²) >= 11 is 3.26. The van der Waals surface area contributed by atoms with Crippen LogP contribution in [0.15, 0.2) is 28.7 Å². The highest BCUT2D eigenvalue weighted by Crippen LogP contribution is 2.10. The molecule has 0 unspecified atom stereocenters. The number of nitrogens with one attached hydrogen (secondary N) is 3. The topological polar surface area (TPSA) is 114 Å². The zero-order valence-electron chi connectivity index (χ0n) is 13.9. The van der Waals surface area contributed by atoms with Gasteiger partial charge in [0.1, 0.15) is 6.04 Å². The summed E-state index contributed by atoms with van der Waals surface area (Å²) in [6.45, 7) is 3.12. The zero-order chi connectivity index (χ0) is 18.8. The molecule has 3 N–H and O–H groups in total. The van der Waals surface area contributed by atoms with Crippen LogP contribution in [0.4, 0.5) is 4.79 Å². The Balaban J connectivity index is 2.38. The lowest BCUT2D eigenvalue weighted by molar-refractivity contribution is -0.149. The molecule has 25 heavy (non-hydrogen) atoms. The monoisotopic (exact) mass is 413 g/mol. The van der Waals surface area contributed by atoms with Crippen LogP contribution >= 0.6 is 15.9 Å². The van der Waals surface area contributed by atoms with E-state index in [2.05, 4.69) is 26.6 Å². The summed E-state index contributed by atoms with van der Waals surface area (Å²) in [7, 11) is 0. The molecule has 0 saturated heterocycles. The van der Waals surface area contributed by atoms with Gasteiger partial charge in [0.25, 0.3) is 11.8 Å². The van der Waals surface area contributed by atoms with Crippen LogP contribution in [-0.4, -0.2) is 43.0 Å². The maximum atomic E-state index is 12.0. The van der Waals surface area contributed by atoms with E-state index in [1.807, 2.05) is 12.2 Å². The Labute approximate surface area is 153 Å². The maximum absolute atomic E-state index is 12.0. The van der Waals surface area contributed by atoms with Crippen LogP contribution in [0, 0.1) is 0 Å². The Morgan fingerprint density at radius 2 is 1.80 bits per heavy atom. The predicted molar refractivity (Wildman–Crippen MR) is 93.9 cm³/mol. The van der Waals surface area contributed by atoms with Crippen LogP contribution in [0.2, 0.25) is 0 Å². The van der Waals surface area contributed by atoms with E-state index in [1.54, 1.807) is 24.3 Å². The molecule has 0 heterocycles. The molecule has 0 spiro atoms. The summed E-state index contributed by atoms with van der Waals surface area (Å²) in [4.78, 5) is 46.5. The molecule has 4 amide bonds. The lowest BCUT2D eigenvalue weighted by Crippen LogP contribution is -2.43. The minimum Gasteiger partial charge on any atom is -0.454 e. The third-order valence-corrected chi connectivity index (χ3v) is 3.47. The van der Waals surface area contributed by atoms with Crippen molar-refractivity contribution in [1.29, 1.82) is 0 Å². The Morgan fingerprint density at radius 1 is 1.16 bits per heavy atom. The molecule has 0 aliphatic carbocycles. The van der Waals surface area contributed by atoms with Gasteiger partial charge in [-0.15, -0.1) is 0 Å². The fourth-order valence-corrected chi connectivity index (χ4v) is 1.91. The van der Waals surface area contributed by atoms with E-state index >= 15 is 0 Å². The zero-order valence-corrected chi connectivity index (χ0v) is 15.5. The predicted octanol–water partition coefficient (Wildman–Crippen LogP) is 1.35. The Kier molecular flexibility index (Phi) is 8.62. The third kappa shape index (κ3) is 7.79. The summed E-state index contributed by atoms with van der Waals surface area (Å²) in [5.41, 5.74) is 0.383. The Morgan fingerprint density at radius 3 is 2.40 bits per heavy atom. The third-order valence-electron chi connectivity index (χ3n) is 2.94. The van der Waals surface area contributed by atoms with Gasteiger partial charge < -0.3 is 15.4 Å². The molecule has 0 fully saturated rings. The second kappa shape index (κ2) is 10.4. The highest BCUT2D eigenvalue weighted by molar-refractivity contribution is 9.10. The van der Waals surface area contributed by atoms with Crippen molar-refractivity contribution in [2.45, 2.75) is 26.3 Å². The molecule has 1 rings (SSSR count). The van der Waals surface area contributed by atoms with Crippen molar-refractivity contribution in [2.75, 3.05) is 13.2 Å². The summed E-state index contributed by atoms with van der Waals surface area (Å²) < 4.78 is 5.60. The summed E-state index contributed by atoms with van der Waals surface area (Å²) in [6.07, 6.45) is 0.728. The van der Waals surface area contributed by atoms with E-state index in [0.717, 1.165) is 10.9 Å². The number of rotatable bonds is 7. The van der Waals surface area contributed by atoms with Crippen LogP contribution < -0.4 is 16.0 Å². The van der Waals surface area contributed by atoms with Gasteiger partial charge in [-0.1, -0.05) is 22.9 Å². The van der Waals surface area contributed by atoms with Gasteiger partial charge in [-0.05, 0) is 37.6 Å². The Hall–Kier alpha value is -2.42. The normalized spacial score (nSPS) is 11.2. The molecule has 0 aliphatic rings. The molecule has 136 valence electrons. The number of esters is 1. The number of carbonyl (C=O) groups is 4. The standard InChI is InChI=1S/C16H20BrN3O5/c1-3-8-18-16(24)20-13(21)9-25-15(23)10(2)19-14(22)11-4-6-12(17)7-5-11/h4-7,10H,3,8-9H2,1-2H3,(H,19,22)(H2,18,20,21,24)/t10-/m0/s1. The molecule has 0 saturated carbocycles. The second-order valence-corrected chi connectivity index (χ2v) is 6.03. The summed E-state index contributed by atoms with van der Waals surface area (Å²) in [5.74, 6) is -1.98. The quantitative estimate of drug-likeness (QED) is 0.583. The fourth-order valence-electron chi connectivity index (χ4n) is 1.65. The van der Waals surface area contributed by atoms with Crippen LogP contribution in [-0.2, 0) is 14.3 Å². The fraction of sp³-hybridized carbons (Fsp3) is 0.375. The van der Waals surface area contributed by atoms with Gasteiger partial charge in [0.15, 0.2) is 6.61 Å². The average molecular weight is 414 g/mol. The molecule has 0 aromatic heterocycles. The van der Waals surface area contributed by atoms with Crippen molar-refractivity contribution in [2.24, 2.45) is 0 Å². The van der Waals surface area contributed by atoms with E-state index in [9.17, 15) is 19.2 Å². The summed E-state index contributed by atoms with van der Waals surface area (Å²) in [5, 5.41) is 6.94. The first-order valence-corrected chi connectivity index (χ1v) is 8.43. The van der Waals surface area contributed by atoms with E-state index in [-0.39, 0.29) is 0 Å². The first-order valence-electron chi connectivity index (χ1n) is 7.64. The molecule has 0 bridgehead atoms. The highest BCUT2D eigenvalue weighted by atomic mass is 79.9. The van der Waals surface area contributed by atoms with Crippen LogP contribution in [0.3, 0.4) is 0 Å². The van der Waals surface area contributed by atoms with E-state index in [0.29, 0.717) is 12.1 Å². The van der Waals surface area contributed by atoms with Crippen LogP contribution in [0.5, 0.6) is 0 Å². The van der Waals surface area contributed by atoms with Gasteiger partial charge in [0.2, 0.25) is 0 Å². The largest absolute Gasteiger partial charge is 0.454 e. The van der Waals surface area contributed by atoms with Crippen molar-refractivity contribution in [3.63, 3.8) is 0 Å². The van der Waals surface area contributed by atoms with E-state index in [4.69, 9.17) is 4.74 Å². The number of carbonyl (C=O) groups excluding carboxylic acids is 4. The average Bonchev–Trinajstić information content (AvgIpc) is 2.58. The van der Waals surface area contributed by atoms with Crippen molar-refractivity contribution in [1.82, 2.24) is 16.0 Å². The SMILES string of the molecule is CCCNC(=O)NC(=O)COC(=O)[C@H](C)NC(=O)c1ccc(Br)cc1. The Bertz CT molecular complexity index is 633. The van der Waals surface area contributed by atoms with Gasteiger partial charge in [0.05, 0.1) is 0 Å². The molecule has 8 nitrogen and oxygen atoms in total. The molecule has 1 aromatic rings. The number of imide groups is 1. The molecule has 1 atom stereocenters. The van der Waals surface area contributed by atoms with Gasteiger partial charge in [-0.25, -0.2) is 9.59 Å². The molecule has 1 aromatic carbocycles. The van der Waals surface area contributed by atoms with E-state index in [1.165, 1.54) is 6.92 Å². The van der Waals surface area contributed by atoms with Gasteiger partial charge in [-0.3, -0.25) is 14.9 Å². The van der Waals surface area contributed by atoms with Crippen molar-refractivity contribution in [3.05, 3.63) is 34.3 Å². The van der Waals surface area contributed by atoms with Crippen molar-refractivity contribution < 1.29 is 23.9 Å². The minimum absolute atomic E-state index is 0.383. The first kappa shape index (κ1) is 20.6. The molecule has 0 aliphatic heterocycles. The number of benzene rings is 1. The highest BCUT2D eigenvalue weighted by Gasteiger charge is 2.19. The molecule has 0 radical (unpaired) electrons. The van der Waals surface area contributed by atoms with Gasteiger partial charge >= 0.3 is 12.0 Å². The van der Waals surface area contributed by atoms with Crippen molar-refractivity contribution in [3.8, 4) is 0 Å². The number of ether oxygens (including phenoxy) is 1. The number of hydrogen-bond acceptors (Lipinski definition) is 5. The van der Waals surface area contributed by atoms with E-state index < -0.39 is 36.5 Å². The lowest BCUT2D eigenvalue weighted by Gasteiger charge is -2.13. The number of amides is 4. The van der Waals surface area contributed by atoms with Crippen molar-refractivity contribution >= 4 is 39.7 Å². The second-order valence-electron chi connectivity index (χ2n) is 5.11. The minimum atomic E-state index is -0.946. The number of urea groups is 1. The van der Waals surface area contributed by atoms with Gasteiger partial charge in [-0.2, -0.15) is 0 Å². The van der Waals surface area contributed by atoms with Gasteiger partial charge in [0, 0.05) is 16.6 Å². The first-order chi connectivity index (χ1) is 11.8. The van der Waals surface area contributed by atoms with Crippen LogP contribution in [0.25, 0.3) is 0 Å². The molecular weight excluding hydrogens is 394 g/mol. The number of halogens is 1. The van der Waals surface area contributed by atoms with Crippen LogP contribution in [0.1, 0.15) is 30.6 Å². The molecule has 9 heteroatoms. The summed E-state index contributed by atoms with van der Waals surface area (Å²) in [6, 6.07) is 4.99.